The zero-order chi connectivity index (χ0) is 19.1. The maximum atomic E-state index is 12.4. The zero-order valence-electron chi connectivity index (χ0n) is 15.7. The maximum Gasteiger partial charge on any atom is 0.317 e. The highest BCUT2D eigenvalue weighted by Crippen LogP contribution is 2.14. The number of hydrogen-bond acceptors (Lipinski definition) is 3. The summed E-state index contributed by atoms with van der Waals surface area (Å²) < 4.78 is 5.23. The predicted octanol–water partition coefficient (Wildman–Crippen LogP) is 3.42. The molecule has 27 heavy (non-hydrogen) atoms. The van der Waals surface area contributed by atoms with E-state index >= 15 is 0 Å². The fraction of sp³-hybridized carbons (Fsp3) is 0.381. The van der Waals surface area contributed by atoms with Gasteiger partial charge in [-0.2, -0.15) is 0 Å². The van der Waals surface area contributed by atoms with E-state index in [9.17, 15) is 4.79 Å². The van der Waals surface area contributed by atoms with Crippen LogP contribution in [0.15, 0.2) is 48.5 Å². The second-order valence-electron chi connectivity index (χ2n) is 6.72. The van der Waals surface area contributed by atoms with Crippen molar-refractivity contribution < 1.29 is 9.53 Å². The van der Waals surface area contributed by atoms with Crippen LogP contribution in [0.1, 0.15) is 11.1 Å². The summed E-state index contributed by atoms with van der Waals surface area (Å²) in [6.45, 7) is 4.77. The summed E-state index contributed by atoms with van der Waals surface area (Å²) in [7, 11) is 1.66. The summed E-state index contributed by atoms with van der Waals surface area (Å²) in [4.78, 5) is 16.6. The van der Waals surface area contributed by atoms with E-state index in [1.807, 2.05) is 41.3 Å². The molecule has 0 aromatic heterocycles. The number of amides is 2. The Morgan fingerprint density at radius 2 is 1.81 bits per heavy atom. The Labute approximate surface area is 165 Å². The monoisotopic (exact) mass is 387 g/mol. The normalized spacial score (nSPS) is 14.8. The van der Waals surface area contributed by atoms with Crippen LogP contribution in [0, 0.1) is 0 Å². The van der Waals surface area contributed by atoms with E-state index in [4.69, 9.17) is 16.3 Å². The molecule has 2 aromatic carbocycles. The second kappa shape index (κ2) is 9.62. The van der Waals surface area contributed by atoms with Gasteiger partial charge in [0.15, 0.2) is 0 Å². The number of nitrogens with zero attached hydrogens (tertiary/aromatic N) is 2. The standard InChI is InChI=1S/C21H26ClN3O2/c1-27-20-4-2-3-17(15-20)9-10-23-21(26)25-13-11-24(12-14-25)16-18-5-7-19(22)8-6-18/h2-8,15H,9-14,16H2,1H3,(H,23,26). The van der Waals surface area contributed by atoms with Crippen molar-refractivity contribution in [2.45, 2.75) is 13.0 Å². The van der Waals surface area contributed by atoms with Gasteiger partial charge in [0.25, 0.3) is 0 Å². The summed E-state index contributed by atoms with van der Waals surface area (Å²) in [5.41, 5.74) is 2.40. The van der Waals surface area contributed by atoms with Crippen LogP contribution >= 0.6 is 11.6 Å². The SMILES string of the molecule is COc1cccc(CCNC(=O)N2CCN(Cc3ccc(Cl)cc3)CC2)c1. The molecule has 0 bridgehead atoms. The third kappa shape index (κ3) is 5.88. The number of urea groups is 1. The van der Waals surface area contributed by atoms with E-state index < -0.39 is 0 Å². The van der Waals surface area contributed by atoms with Crippen molar-refractivity contribution in [1.29, 1.82) is 0 Å². The molecule has 2 amide bonds. The fourth-order valence-corrected chi connectivity index (χ4v) is 3.34. The highest BCUT2D eigenvalue weighted by atomic mass is 35.5. The Morgan fingerprint density at radius 1 is 1.07 bits per heavy atom. The molecular weight excluding hydrogens is 362 g/mol. The van der Waals surface area contributed by atoms with Crippen LogP contribution in [0.2, 0.25) is 5.02 Å². The van der Waals surface area contributed by atoms with E-state index in [-0.39, 0.29) is 6.03 Å². The molecule has 1 aliphatic rings. The van der Waals surface area contributed by atoms with Gasteiger partial charge in [0, 0.05) is 44.3 Å². The minimum absolute atomic E-state index is 0.0176. The van der Waals surface area contributed by atoms with E-state index in [1.54, 1.807) is 7.11 Å². The van der Waals surface area contributed by atoms with Gasteiger partial charge in [-0.25, -0.2) is 4.79 Å². The number of carbonyl (C=O) groups excluding carboxylic acids is 1. The van der Waals surface area contributed by atoms with Crippen molar-refractivity contribution in [3.05, 3.63) is 64.7 Å². The van der Waals surface area contributed by atoms with Gasteiger partial charge in [0.05, 0.1) is 7.11 Å². The van der Waals surface area contributed by atoms with Gasteiger partial charge in [0.2, 0.25) is 0 Å². The number of carbonyl (C=O) groups is 1. The van der Waals surface area contributed by atoms with Gasteiger partial charge in [0.1, 0.15) is 5.75 Å². The molecule has 0 radical (unpaired) electrons. The quantitative estimate of drug-likeness (QED) is 0.826. The van der Waals surface area contributed by atoms with Crippen LogP contribution in [0.4, 0.5) is 4.79 Å². The first-order valence-corrected chi connectivity index (χ1v) is 9.64. The summed E-state index contributed by atoms with van der Waals surface area (Å²) in [5.74, 6) is 0.843. The fourth-order valence-electron chi connectivity index (χ4n) is 3.21. The van der Waals surface area contributed by atoms with E-state index in [0.29, 0.717) is 6.54 Å². The van der Waals surface area contributed by atoms with Crippen molar-refractivity contribution >= 4 is 17.6 Å². The molecular formula is C21H26ClN3O2. The number of nitrogens with one attached hydrogen (secondary N) is 1. The average Bonchev–Trinajstić information content (AvgIpc) is 2.70. The number of benzene rings is 2. The largest absolute Gasteiger partial charge is 0.497 e. The van der Waals surface area contributed by atoms with Crippen molar-refractivity contribution in [3.63, 3.8) is 0 Å². The van der Waals surface area contributed by atoms with E-state index in [0.717, 1.165) is 55.5 Å². The first kappa shape index (κ1) is 19.5. The minimum atomic E-state index is 0.0176. The third-order valence-electron chi connectivity index (χ3n) is 4.80. The van der Waals surface area contributed by atoms with Crippen LogP contribution in [0.25, 0.3) is 0 Å². The Balaban J connectivity index is 1.38. The Hall–Kier alpha value is -2.24. The van der Waals surface area contributed by atoms with Crippen molar-refractivity contribution in [3.8, 4) is 5.75 Å². The molecule has 1 saturated heterocycles. The molecule has 1 fully saturated rings. The molecule has 5 nitrogen and oxygen atoms in total. The molecule has 6 heteroatoms. The Bertz CT molecular complexity index is 743. The van der Waals surface area contributed by atoms with E-state index in [2.05, 4.69) is 22.3 Å². The number of hydrogen-bond donors (Lipinski definition) is 1. The van der Waals surface area contributed by atoms with Crippen LogP contribution in [0.3, 0.4) is 0 Å². The topological polar surface area (TPSA) is 44.8 Å². The lowest BCUT2D eigenvalue weighted by atomic mass is 10.1. The summed E-state index contributed by atoms with van der Waals surface area (Å²) in [6.07, 6.45) is 0.791. The van der Waals surface area contributed by atoms with Gasteiger partial charge < -0.3 is 15.0 Å². The molecule has 1 aliphatic heterocycles. The van der Waals surface area contributed by atoms with Gasteiger partial charge in [-0.15, -0.1) is 0 Å². The molecule has 0 atom stereocenters. The molecule has 144 valence electrons. The van der Waals surface area contributed by atoms with Gasteiger partial charge in [-0.3, -0.25) is 4.90 Å². The van der Waals surface area contributed by atoms with Crippen LogP contribution in [-0.4, -0.2) is 55.7 Å². The molecule has 0 spiro atoms. The van der Waals surface area contributed by atoms with Crippen molar-refractivity contribution in [1.82, 2.24) is 15.1 Å². The molecule has 1 N–H and O–H groups in total. The second-order valence-corrected chi connectivity index (χ2v) is 7.16. The van der Waals surface area contributed by atoms with Crippen molar-refractivity contribution in [2.24, 2.45) is 0 Å². The lowest BCUT2D eigenvalue weighted by Crippen LogP contribution is -2.51. The van der Waals surface area contributed by atoms with Gasteiger partial charge >= 0.3 is 6.03 Å². The number of rotatable bonds is 6. The van der Waals surface area contributed by atoms with Crippen LogP contribution < -0.4 is 10.1 Å². The lowest BCUT2D eigenvalue weighted by molar-refractivity contribution is 0.135. The predicted molar refractivity (Wildman–Crippen MR) is 108 cm³/mol. The van der Waals surface area contributed by atoms with Crippen molar-refractivity contribution in [2.75, 3.05) is 39.8 Å². The first-order valence-electron chi connectivity index (χ1n) is 9.26. The van der Waals surface area contributed by atoms with Crippen LogP contribution in [0.5, 0.6) is 5.75 Å². The molecule has 0 unspecified atom stereocenters. The lowest BCUT2D eigenvalue weighted by Gasteiger charge is -2.34. The molecule has 3 rings (SSSR count). The zero-order valence-corrected chi connectivity index (χ0v) is 16.4. The average molecular weight is 388 g/mol. The van der Waals surface area contributed by atoms with Crippen LogP contribution in [-0.2, 0) is 13.0 Å². The number of piperazine rings is 1. The highest BCUT2D eigenvalue weighted by molar-refractivity contribution is 6.30. The minimum Gasteiger partial charge on any atom is -0.497 e. The van der Waals surface area contributed by atoms with Gasteiger partial charge in [-0.05, 0) is 41.8 Å². The maximum absolute atomic E-state index is 12.4. The summed E-state index contributed by atoms with van der Waals surface area (Å²) in [6, 6.07) is 15.9. The summed E-state index contributed by atoms with van der Waals surface area (Å²) in [5, 5.41) is 3.78. The molecule has 1 heterocycles. The molecule has 2 aromatic rings. The van der Waals surface area contributed by atoms with E-state index in [1.165, 1.54) is 5.56 Å². The van der Waals surface area contributed by atoms with Gasteiger partial charge in [-0.1, -0.05) is 35.9 Å². The summed E-state index contributed by atoms with van der Waals surface area (Å²) >= 11 is 5.93. The Morgan fingerprint density at radius 3 is 2.52 bits per heavy atom. The first-order chi connectivity index (χ1) is 13.1. The molecule has 0 saturated carbocycles. The number of halogens is 1. The smallest absolute Gasteiger partial charge is 0.317 e. The number of methoxy groups -OCH3 is 1. The Kier molecular flexibility index (Phi) is 6.96. The highest BCUT2D eigenvalue weighted by Gasteiger charge is 2.20. The third-order valence-corrected chi connectivity index (χ3v) is 5.05. The molecule has 0 aliphatic carbocycles. The number of ether oxygens (including phenoxy) is 1.